The molecule has 9 nitrogen and oxygen atoms in total. The van der Waals surface area contributed by atoms with E-state index in [1.807, 2.05) is 77.8 Å². The summed E-state index contributed by atoms with van der Waals surface area (Å²) in [5.41, 5.74) is 6.62. The molecular weight excluding hydrogens is 530 g/mol. The zero-order chi connectivity index (χ0) is 29.2. The fraction of sp³-hybridized carbons (Fsp3) is 0.182. The Morgan fingerprint density at radius 3 is 2.07 bits per heavy atom. The van der Waals surface area contributed by atoms with E-state index in [9.17, 15) is 19.7 Å². The van der Waals surface area contributed by atoms with Crippen molar-refractivity contribution in [3.05, 3.63) is 124 Å². The smallest absolute Gasteiger partial charge is 0.269 e. The number of piperazine rings is 1. The Morgan fingerprint density at radius 1 is 0.786 bits per heavy atom. The van der Waals surface area contributed by atoms with E-state index >= 15 is 0 Å². The molecule has 0 atom stereocenters. The molecule has 0 unspecified atom stereocenters. The van der Waals surface area contributed by atoms with Crippen LogP contribution in [-0.4, -0.2) is 62.0 Å². The second-order valence-electron chi connectivity index (χ2n) is 10.4. The molecule has 210 valence electrons. The topological polar surface area (TPSA) is 101 Å². The number of rotatable bonds is 7. The highest BCUT2D eigenvalue weighted by molar-refractivity contribution is 5.95. The number of carbonyl (C=O) groups excluding carboxylic acids is 2. The summed E-state index contributed by atoms with van der Waals surface area (Å²) in [7, 11) is 0. The standard InChI is InChI=1S/C33H29N5O4/c1-23(39)24-7-9-25(10-8-24)28-13-16-31-34-32(26-11-14-29(15-12-26)38(41)42)30(37(31)21-28)22-35-17-19-36(20-18-35)33(40)27-5-3-2-4-6-27/h2-16,21H,17-20,22H2,1H3. The highest BCUT2D eigenvalue weighted by Crippen LogP contribution is 2.30. The van der Waals surface area contributed by atoms with Gasteiger partial charge in [-0.25, -0.2) is 4.98 Å². The number of benzene rings is 3. The van der Waals surface area contributed by atoms with Gasteiger partial charge in [-0.05, 0) is 54.4 Å². The van der Waals surface area contributed by atoms with Crippen molar-refractivity contribution in [1.82, 2.24) is 19.2 Å². The first-order chi connectivity index (χ1) is 20.4. The predicted molar refractivity (Wildman–Crippen MR) is 160 cm³/mol. The van der Waals surface area contributed by atoms with Gasteiger partial charge in [-0.3, -0.25) is 24.6 Å². The van der Waals surface area contributed by atoms with Gasteiger partial charge in [0.1, 0.15) is 5.65 Å². The number of aromatic nitrogens is 2. The van der Waals surface area contributed by atoms with Crippen molar-refractivity contribution in [3.8, 4) is 22.4 Å². The van der Waals surface area contributed by atoms with Gasteiger partial charge in [0.15, 0.2) is 5.78 Å². The zero-order valence-electron chi connectivity index (χ0n) is 23.1. The Balaban J connectivity index is 1.32. The van der Waals surface area contributed by atoms with E-state index in [1.54, 1.807) is 19.1 Å². The van der Waals surface area contributed by atoms with Crippen LogP contribution >= 0.6 is 0 Å². The number of hydrogen-bond donors (Lipinski definition) is 0. The molecule has 0 N–H and O–H groups in total. The molecule has 1 aliphatic rings. The Hall–Kier alpha value is -5.15. The van der Waals surface area contributed by atoms with Crippen LogP contribution in [0.25, 0.3) is 28.0 Å². The number of nitro groups is 1. The summed E-state index contributed by atoms with van der Waals surface area (Å²) in [4.78, 5) is 44.7. The summed E-state index contributed by atoms with van der Waals surface area (Å²) in [5.74, 6) is 0.0595. The molecule has 42 heavy (non-hydrogen) atoms. The third-order valence-electron chi connectivity index (χ3n) is 7.75. The number of fused-ring (bicyclic) bond motifs is 1. The van der Waals surface area contributed by atoms with E-state index in [4.69, 9.17) is 4.98 Å². The van der Waals surface area contributed by atoms with Gasteiger partial charge in [-0.1, -0.05) is 42.5 Å². The van der Waals surface area contributed by atoms with Crippen LogP contribution in [0.1, 0.15) is 33.3 Å². The molecule has 0 aliphatic carbocycles. The summed E-state index contributed by atoms with van der Waals surface area (Å²) in [6, 6.07) is 27.3. The zero-order valence-corrected chi connectivity index (χ0v) is 23.1. The minimum Gasteiger partial charge on any atom is -0.336 e. The lowest BCUT2D eigenvalue weighted by Crippen LogP contribution is -2.48. The van der Waals surface area contributed by atoms with Gasteiger partial charge in [-0.2, -0.15) is 0 Å². The number of non-ortho nitro benzene ring substituents is 1. The monoisotopic (exact) mass is 559 g/mol. The lowest BCUT2D eigenvalue weighted by atomic mass is 10.0. The average Bonchev–Trinajstić information content (AvgIpc) is 3.39. The molecule has 6 rings (SSSR count). The summed E-state index contributed by atoms with van der Waals surface area (Å²) >= 11 is 0. The second-order valence-corrected chi connectivity index (χ2v) is 10.4. The number of carbonyl (C=O) groups is 2. The van der Waals surface area contributed by atoms with E-state index in [-0.39, 0.29) is 17.4 Å². The first-order valence-corrected chi connectivity index (χ1v) is 13.8. The summed E-state index contributed by atoms with van der Waals surface area (Å²) in [6.45, 7) is 4.79. The van der Waals surface area contributed by atoms with Crippen molar-refractivity contribution in [1.29, 1.82) is 0 Å². The highest BCUT2D eigenvalue weighted by atomic mass is 16.6. The molecule has 0 saturated carbocycles. The van der Waals surface area contributed by atoms with E-state index < -0.39 is 4.92 Å². The first kappa shape index (κ1) is 27.0. The maximum Gasteiger partial charge on any atom is 0.269 e. The van der Waals surface area contributed by atoms with Crippen LogP contribution in [0.2, 0.25) is 0 Å². The van der Waals surface area contributed by atoms with Crippen molar-refractivity contribution in [2.45, 2.75) is 13.5 Å². The Bertz CT molecular complexity index is 1770. The van der Waals surface area contributed by atoms with Crippen molar-refractivity contribution >= 4 is 23.0 Å². The quantitative estimate of drug-likeness (QED) is 0.143. The molecule has 3 heterocycles. The molecule has 5 aromatic rings. The molecule has 0 spiro atoms. The van der Waals surface area contributed by atoms with Crippen LogP contribution in [0.3, 0.4) is 0 Å². The molecule has 1 fully saturated rings. The van der Waals surface area contributed by atoms with Gasteiger partial charge in [0, 0.05) is 67.7 Å². The lowest BCUT2D eigenvalue weighted by molar-refractivity contribution is -0.384. The number of hydrogen-bond acceptors (Lipinski definition) is 6. The number of Topliss-reactive ketones (excluding diaryl/α,β-unsaturated/α-hetero) is 1. The van der Waals surface area contributed by atoms with Gasteiger partial charge in [-0.15, -0.1) is 0 Å². The van der Waals surface area contributed by atoms with Gasteiger partial charge >= 0.3 is 0 Å². The molecule has 9 heteroatoms. The summed E-state index contributed by atoms with van der Waals surface area (Å²) < 4.78 is 2.08. The fourth-order valence-corrected chi connectivity index (χ4v) is 5.37. The van der Waals surface area contributed by atoms with Gasteiger partial charge in [0.25, 0.3) is 11.6 Å². The van der Waals surface area contributed by atoms with Crippen molar-refractivity contribution in [3.63, 3.8) is 0 Å². The number of pyridine rings is 1. The van der Waals surface area contributed by atoms with Crippen LogP contribution in [0.15, 0.2) is 97.2 Å². The molecule has 3 aromatic carbocycles. The van der Waals surface area contributed by atoms with E-state index in [0.717, 1.165) is 33.7 Å². The molecule has 1 saturated heterocycles. The van der Waals surface area contributed by atoms with E-state index in [0.29, 0.717) is 43.9 Å². The van der Waals surface area contributed by atoms with Gasteiger partial charge < -0.3 is 9.30 Å². The first-order valence-electron chi connectivity index (χ1n) is 13.8. The van der Waals surface area contributed by atoms with Crippen molar-refractivity contribution < 1.29 is 14.5 Å². The SMILES string of the molecule is CC(=O)c1ccc(-c2ccc3nc(-c4ccc([N+](=O)[O-])cc4)c(CN4CCN(C(=O)c5ccccc5)CC4)n3c2)cc1. The predicted octanol–water partition coefficient (Wildman–Crippen LogP) is 5.74. The van der Waals surface area contributed by atoms with Crippen LogP contribution < -0.4 is 0 Å². The molecule has 2 aromatic heterocycles. The molecule has 1 amide bonds. The summed E-state index contributed by atoms with van der Waals surface area (Å²) in [6.07, 6.45) is 2.05. The van der Waals surface area contributed by atoms with Crippen LogP contribution in [-0.2, 0) is 6.54 Å². The van der Waals surface area contributed by atoms with E-state index in [1.165, 1.54) is 12.1 Å². The molecule has 0 bridgehead atoms. The number of amides is 1. The largest absolute Gasteiger partial charge is 0.336 e. The summed E-state index contributed by atoms with van der Waals surface area (Å²) in [5, 5.41) is 11.2. The van der Waals surface area contributed by atoms with Crippen molar-refractivity contribution in [2.75, 3.05) is 26.2 Å². The fourth-order valence-electron chi connectivity index (χ4n) is 5.37. The molecular formula is C33H29N5O4. The normalized spacial score (nSPS) is 13.8. The third kappa shape index (κ3) is 5.42. The van der Waals surface area contributed by atoms with Crippen LogP contribution in [0, 0.1) is 10.1 Å². The van der Waals surface area contributed by atoms with Crippen LogP contribution in [0.5, 0.6) is 0 Å². The maximum atomic E-state index is 13.0. The van der Waals surface area contributed by atoms with Gasteiger partial charge in [0.05, 0.1) is 16.3 Å². The number of imidazole rings is 1. The molecule has 1 aliphatic heterocycles. The minimum absolute atomic E-state index is 0.0206. The van der Waals surface area contributed by atoms with Crippen molar-refractivity contribution in [2.24, 2.45) is 0 Å². The van der Waals surface area contributed by atoms with E-state index in [2.05, 4.69) is 9.30 Å². The maximum absolute atomic E-state index is 13.0. The number of ketones is 1. The lowest BCUT2D eigenvalue weighted by Gasteiger charge is -2.34. The van der Waals surface area contributed by atoms with Gasteiger partial charge in [0.2, 0.25) is 0 Å². The minimum atomic E-state index is -0.408. The second kappa shape index (κ2) is 11.4. The Morgan fingerprint density at radius 2 is 1.43 bits per heavy atom. The molecule has 0 radical (unpaired) electrons. The highest BCUT2D eigenvalue weighted by Gasteiger charge is 2.25. The average molecular weight is 560 g/mol. The Kier molecular flexibility index (Phi) is 7.33. The third-order valence-corrected chi connectivity index (χ3v) is 7.75. The number of nitro benzene ring substituents is 1. The number of nitrogens with zero attached hydrogens (tertiary/aromatic N) is 5. The van der Waals surface area contributed by atoms with Crippen LogP contribution in [0.4, 0.5) is 5.69 Å². The Labute approximate surface area is 242 Å².